The van der Waals surface area contributed by atoms with Crippen LogP contribution >= 0.6 is 15.9 Å². The van der Waals surface area contributed by atoms with Crippen LogP contribution in [-0.4, -0.2) is 35.2 Å². The SMILES string of the molecule is O=C(O)N1CC[C@@H](Nc2ccc(Br)cc2F)C1. The first kappa shape index (κ1) is 12.2. The molecular weight excluding hydrogens is 291 g/mol. The van der Waals surface area contributed by atoms with Gasteiger partial charge in [0.25, 0.3) is 0 Å². The minimum Gasteiger partial charge on any atom is -0.465 e. The molecule has 6 heteroatoms. The summed E-state index contributed by atoms with van der Waals surface area (Å²) in [5, 5.41) is 11.8. The smallest absolute Gasteiger partial charge is 0.407 e. The average molecular weight is 303 g/mol. The molecule has 0 saturated carbocycles. The lowest BCUT2D eigenvalue weighted by Crippen LogP contribution is -2.30. The van der Waals surface area contributed by atoms with Gasteiger partial charge in [-0.3, -0.25) is 0 Å². The first-order valence-corrected chi connectivity index (χ1v) is 6.05. The van der Waals surface area contributed by atoms with Crippen molar-refractivity contribution in [2.45, 2.75) is 12.5 Å². The molecule has 2 N–H and O–H groups in total. The highest BCUT2D eigenvalue weighted by Gasteiger charge is 2.26. The molecule has 1 aromatic rings. The highest BCUT2D eigenvalue weighted by molar-refractivity contribution is 9.10. The van der Waals surface area contributed by atoms with Crippen molar-refractivity contribution in [3.63, 3.8) is 0 Å². The number of nitrogens with zero attached hydrogens (tertiary/aromatic N) is 1. The summed E-state index contributed by atoms with van der Waals surface area (Å²) in [6.45, 7) is 0.885. The van der Waals surface area contributed by atoms with Gasteiger partial charge in [0.1, 0.15) is 5.82 Å². The van der Waals surface area contributed by atoms with E-state index < -0.39 is 6.09 Å². The molecule has 1 saturated heterocycles. The van der Waals surface area contributed by atoms with Gasteiger partial charge in [-0.25, -0.2) is 9.18 Å². The van der Waals surface area contributed by atoms with Gasteiger partial charge in [0.15, 0.2) is 0 Å². The first-order chi connectivity index (χ1) is 8.06. The van der Waals surface area contributed by atoms with Gasteiger partial charge in [-0.2, -0.15) is 0 Å². The fourth-order valence-electron chi connectivity index (χ4n) is 1.88. The van der Waals surface area contributed by atoms with E-state index in [-0.39, 0.29) is 11.9 Å². The summed E-state index contributed by atoms with van der Waals surface area (Å²) in [5.74, 6) is -0.340. The highest BCUT2D eigenvalue weighted by Crippen LogP contribution is 2.22. The molecule has 2 rings (SSSR count). The van der Waals surface area contributed by atoms with E-state index in [0.29, 0.717) is 29.7 Å². The van der Waals surface area contributed by atoms with Crippen LogP contribution in [0.4, 0.5) is 14.9 Å². The third-order valence-corrected chi connectivity index (χ3v) is 3.24. The van der Waals surface area contributed by atoms with E-state index in [0.717, 1.165) is 0 Å². The molecule has 1 aromatic carbocycles. The summed E-state index contributed by atoms with van der Waals surface area (Å²) < 4.78 is 14.2. The third-order valence-electron chi connectivity index (χ3n) is 2.75. The minimum absolute atomic E-state index is 0.0261. The van der Waals surface area contributed by atoms with Crippen LogP contribution in [-0.2, 0) is 0 Å². The Morgan fingerprint density at radius 3 is 2.94 bits per heavy atom. The van der Waals surface area contributed by atoms with Crippen LogP contribution in [0.1, 0.15) is 6.42 Å². The number of nitrogens with one attached hydrogen (secondary N) is 1. The molecule has 0 unspecified atom stereocenters. The Labute approximate surface area is 107 Å². The van der Waals surface area contributed by atoms with E-state index in [1.807, 2.05) is 0 Å². The van der Waals surface area contributed by atoms with Crippen LogP contribution < -0.4 is 5.32 Å². The molecule has 0 aromatic heterocycles. The zero-order valence-corrected chi connectivity index (χ0v) is 10.6. The molecule has 4 nitrogen and oxygen atoms in total. The standard InChI is InChI=1S/C11H12BrFN2O2/c12-7-1-2-10(9(13)5-7)14-8-3-4-15(6-8)11(16)17/h1-2,5,8,14H,3-4,6H2,(H,16,17)/t8-/m1/s1. The van der Waals surface area contributed by atoms with Crippen molar-refractivity contribution in [1.29, 1.82) is 0 Å². The molecule has 0 spiro atoms. The van der Waals surface area contributed by atoms with Crippen LogP contribution in [0.3, 0.4) is 0 Å². The number of rotatable bonds is 2. The minimum atomic E-state index is -0.925. The number of carbonyl (C=O) groups is 1. The Kier molecular flexibility index (Phi) is 3.51. The highest BCUT2D eigenvalue weighted by atomic mass is 79.9. The van der Waals surface area contributed by atoms with Gasteiger partial charge in [0.05, 0.1) is 5.69 Å². The topological polar surface area (TPSA) is 52.6 Å². The van der Waals surface area contributed by atoms with Crippen molar-refractivity contribution in [3.05, 3.63) is 28.5 Å². The summed E-state index contributed by atoms with van der Waals surface area (Å²) in [6.07, 6.45) is -0.229. The Morgan fingerprint density at radius 2 is 2.35 bits per heavy atom. The molecule has 1 atom stereocenters. The lowest BCUT2D eigenvalue weighted by Gasteiger charge is -2.15. The largest absolute Gasteiger partial charge is 0.465 e. The van der Waals surface area contributed by atoms with Crippen molar-refractivity contribution in [2.24, 2.45) is 0 Å². The van der Waals surface area contributed by atoms with Gasteiger partial charge < -0.3 is 15.3 Å². The molecular formula is C11H12BrFN2O2. The fraction of sp³-hybridized carbons (Fsp3) is 0.364. The normalized spacial score (nSPS) is 19.4. The third kappa shape index (κ3) is 2.88. The van der Waals surface area contributed by atoms with E-state index in [1.165, 1.54) is 11.0 Å². The Bertz CT molecular complexity index is 441. The molecule has 0 aliphatic carbocycles. The van der Waals surface area contributed by atoms with Gasteiger partial charge in [-0.15, -0.1) is 0 Å². The van der Waals surface area contributed by atoms with E-state index in [4.69, 9.17) is 5.11 Å². The molecule has 1 amide bonds. The van der Waals surface area contributed by atoms with Crippen LogP contribution in [0.2, 0.25) is 0 Å². The van der Waals surface area contributed by atoms with E-state index >= 15 is 0 Å². The Balaban J connectivity index is 2.00. The predicted octanol–water partition coefficient (Wildman–Crippen LogP) is 2.75. The molecule has 17 heavy (non-hydrogen) atoms. The van der Waals surface area contributed by atoms with Gasteiger partial charge >= 0.3 is 6.09 Å². The van der Waals surface area contributed by atoms with Gasteiger partial charge in [0, 0.05) is 23.6 Å². The quantitative estimate of drug-likeness (QED) is 0.883. The number of hydrogen-bond donors (Lipinski definition) is 2. The van der Waals surface area contributed by atoms with Crippen molar-refractivity contribution in [1.82, 2.24) is 4.90 Å². The van der Waals surface area contributed by atoms with E-state index in [2.05, 4.69) is 21.2 Å². The second-order valence-corrected chi connectivity index (χ2v) is 4.90. The van der Waals surface area contributed by atoms with Crippen molar-refractivity contribution in [2.75, 3.05) is 18.4 Å². The number of halogens is 2. The van der Waals surface area contributed by atoms with Crippen LogP contribution in [0, 0.1) is 5.82 Å². The molecule has 92 valence electrons. The summed E-state index contributed by atoms with van der Waals surface area (Å²) in [6, 6.07) is 4.74. The zero-order chi connectivity index (χ0) is 12.4. The summed E-state index contributed by atoms with van der Waals surface area (Å²) in [7, 11) is 0. The maximum Gasteiger partial charge on any atom is 0.407 e. The number of amides is 1. The second kappa shape index (κ2) is 4.91. The van der Waals surface area contributed by atoms with Gasteiger partial charge in [0.2, 0.25) is 0 Å². The monoisotopic (exact) mass is 302 g/mol. The molecule has 1 aliphatic rings. The van der Waals surface area contributed by atoms with Crippen molar-refractivity contribution >= 4 is 27.7 Å². The van der Waals surface area contributed by atoms with Crippen molar-refractivity contribution in [3.8, 4) is 0 Å². The van der Waals surface area contributed by atoms with Gasteiger partial charge in [-0.1, -0.05) is 15.9 Å². The zero-order valence-electron chi connectivity index (χ0n) is 8.99. The van der Waals surface area contributed by atoms with Crippen LogP contribution in [0.5, 0.6) is 0 Å². The Morgan fingerprint density at radius 1 is 1.59 bits per heavy atom. The number of benzene rings is 1. The van der Waals surface area contributed by atoms with Gasteiger partial charge in [-0.05, 0) is 24.6 Å². The first-order valence-electron chi connectivity index (χ1n) is 5.25. The fourth-order valence-corrected chi connectivity index (χ4v) is 2.21. The predicted molar refractivity (Wildman–Crippen MR) is 65.7 cm³/mol. The molecule has 1 fully saturated rings. The molecule has 0 radical (unpaired) electrons. The number of anilines is 1. The number of carboxylic acid groups (broad SMARTS) is 1. The summed E-state index contributed by atoms with van der Waals surface area (Å²) in [4.78, 5) is 12.1. The second-order valence-electron chi connectivity index (χ2n) is 3.98. The average Bonchev–Trinajstić information content (AvgIpc) is 2.71. The van der Waals surface area contributed by atoms with Crippen LogP contribution in [0.15, 0.2) is 22.7 Å². The lowest BCUT2D eigenvalue weighted by molar-refractivity contribution is 0.155. The molecule has 1 heterocycles. The summed E-state index contributed by atoms with van der Waals surface area (Å²) in [5.41, 5.74) is 0.408. The molecule has 0 bridgehead atoms. The Hall–Kier alpha value is -1.30. The van der Waals surface area contributed by atoms with Crippen molar-refractivity contribution < 1.29 is 14.3 Å². The van der Waals surface area contributed by atoms with E-state index in [1.54, 1.807) is 12.1 Å². The lowest BCUT2D eigenvalue weighted by atomic mass is 10.2. The molecule has 1 aliphatic heterocycles. The summed E-state index contributed by atoms with van der Waals surface area (Å²) >= 11 is 3.18. The van der Waals surface area contributed by atoms with E-state index in [9.17, 15) is 9.18 Å². The van der Waals surface area contributed by atoms with Crippen LogP contribution in [0.25, 0.3) is 0 Å². The number of likely N-dealkylation sites (tertiary alicyclic amines) is 1. The maximum atomic E-state index is 13.5. The maximum absolute atomic E-state index is 13.5. The number of hydrogen-bond acceptors (Lipinski definition) is 2.